The Morgan fingerprint density at radius 1 is 1.33 bits per heavy atom. The molecule has 0 amide bonds. The fourth-order valence-corrected chi connectivity index (χ4v) is 1.03. The molecule has 0 unspecified atom stereocenters. The van der Waals surface area contributed by atoms with Gasteiger partial charge in [0.05, 0.1) is 7.11 Å². The van der Waals surface area contributed by atoms with Crippen LogP contribution < -0.4 is 4.74 Å². The monoisotopic (exact) mass is 210 g/mol. The van der Waals surface area contributed by atoms with Gasteiger partial charge in [-0.3, -0.25) is 4.79 Å². The second-order valence-corrected chi connectivity index (χ2v) is 2.77. The van der Waals surface area contributed by atoms with Crippen molar-refractivity contribution in [1.29, 1.82) is 0 Å². The van der Waals surface area contributed by atoms with Crippen molar-refractivity contribution in [2.75, 3.05) is 7.11 Å². The second kappa shape index (κ2) is 4.45. The van der Waals surface area contributed by atoms with E-state index in [0.29, 0.717) is 0 Å². The lowest BCUT2D eigenvalue weighted by molar-refractivity contribution is -0.131. The van der Waals surface area contributed by atoms with E-state index in [-0.39, 0.29) is 17.1 Å². The number of rotatable bonds is 2. The van der Waals surface area contributed by atoms with E-state index in [4.69, 9.17) is 9.84 Å². The van der Waals surface area contributed by atoms with Crippen LogP contribution in [-0.4, -0.2) is 24.2 Å². The second-order valence-electron chi connectivity index (χ2n) is 2.77. The van der Waals surface area contributed by atoms with Gasteiger partial charge in [0.25, 0.3) is 0 Å². The van der Waals surface area contributed by atoms with Crippen molar-refractivity contribution < 1.29 is 24.2 Å². The number of esters is 2. The molecular weight excluding hydrogens is 200 g/mol. The number of phenols is 1. The minimum atomic E-state index is -0.633. The molecule has 0 aliphatic rings. The maximum absolute atomic E-state index is 11.2. The predicted molar refractivity (Wildman–Crippen MR) is 50.8 cm³/mol. The number of carbonyl (C=O) groups is 2. The molecule has 0 saturated carbocycles. The Kier molecular flexibility index (Phi) is 3.28. The summed E-state index contributed by atoms with van der Waals surface area (Å²) in [7, 11) is 1.22. The Bertz CT molecular complexity index is 397. The molecule has 1 aromatic rings. The summed E-state index contributed by atoms with van der Waals surface area (Å²) < 4.78 is 9.24. The fourth-order valence-electron chi connectivity index (χ4n) is 1.03. The number of methoxy groups -OCH3 is 1. The molecule has 5 nitrogen and oxygen atoms in total. The summed E-state index contributed by atoms with van der Waals surface area (Å²) in [5, 5.41) is 9.16. The van der Waals surface area contributed by atoms with Crippen LogP contribution in [0.4, 0.5) is 0 Å². The molecular formula is C10H10O5. The van der Waals surface area contributed by atoms with Gasteiger partial charge in [0.15, 0.2) is 0 Å². The van der Waals surface area contributed by atoms with Gasteiger partial charge in [-0.25, -0.2) is 4.79 Å². The first-order valence-corrected chi connectivity index (χ1v) is 4.14. The van der Waals surface area contributed by atoms with Crippen LogP contribution in [0.1, 0.15) is 17.3 Å². The summed E-state index contributed by atoms with van der Waals surface area (Å²) in [4.78, 5) is 22.0. The first-order chi connectivity index (χ1) is 7.04. The van der Waals surface area contributed by atoms with Crippen molar-refractivity contribution in [3.05, 3.63) is 23.8 Å². The molecule has 0 aliphatic carbocycles. The molecule has 0 spiro atoms. The highest BCUT2D eigenvalue weighted by Gasteiger charge is 2.14. The number of hydrogen-bond acceptors (Lipinski definition) is 5. The summed E-state index contributed by atoms with van der Waals surface area (Å²) in [6, 6.07) is 3.80. The van der Waals surface area contributed by atoms with E-state index in [1.807, 2.05) is 0 Å². The summed E-state index contributed by atoms with van der Waals surface area (Å²) in [5.41, 5.74) is 0.0884. The quantitative estimate of drug-likeness (QED) is 0.584. The topological polar surface area (TPSA) is 72.8 Å². The number of aromatic hydroxyl groups is 1. The highest BCUT2D eigenvalue weighted by atomic mass is 16.5. The van der Waals surface area contributed by atoms with Gasteiger partial charge in [0.1, 0.15) is 17.1 Å². The zero-order chi connectivity index (χ0) is 11.4. The standard InChI is InChI=1S/C10H10O5/c1-6(11)15-9-5-7(12)3-4-8(9)10(13)14-2/h3-5,12H,1-2H3. The Hall–Kier alpha value is -2.04. The van der Waals surface area contributed by atoms with Gasteiger partial charge in [0, 0.05) is 13.0 Å². The number of carbonyl (C=O) groups excluding carboxylic acids is 2. The zero-order valence-corrected chi connectivity index (χ0v) is 8.31. The zero-order valence-electron chi connectivity index (χ0n) is 8.31. The number of hydrogen-bond donors (Lipinski definition) is 1. The van der Waals surface area contributed by atoms with E-state index in [0.717, 1.165) is 0 Å². The van der Waals surface area contributed by atoms with E-state index in [2.05, 4.69) is 4.74 Å². The highest BCUT2D eigenvalue weighted by molar-refractivity contribution is 5.93. The predicted octanol–water partition coefficient (Wildman–Crippen LogP) is 1.10. The molecule has 1 rings (SSSR count). The maximum atomic E-state index is 11.2. The average molecular weight is 210 g/mol. The van der Waals surface area contributed by atoms with Crippen molar-refractivity contribution in [2.24, 2.45) is 0 Å². The SMILES string of the molecule is COC(=O)c1ccc(O)cc1OC(C)=O. The smallest absolute Gasteiger partial charge is 0.341 e. The molecule has 0 heterocycles. The number of phenolic OH excluding ortho intramolecular Hbond substituents is 1. The molecule has 80 valence electrons. The summed E-state index contributed by atoms with van der Waals surface area (Å²) in [5.74, 6) is -1.33. The lowest BCUT2D eigenvalue weighted by Gasteiger charge is -2.07. The van der Waals surface area contributed by atoms with Crippen LogP contribution in [0.2, 0.25) is 0 Å². The van der Waals surface area contributed by atoms with Crippen LogP contribution >= 0.6 is 0 Å². The van der Waals surface area contributed by atoms with Crippen molar-refractivity contribution in [3.63, 3.8) is 0 Å². The van der Waals surface area contributed by atoms with Gasteiger partial charge in [-0.1, -0.05) is 0 Å². The minimum absolute atomic E-state index is 0.0191. The third-order valence-corrected chi connectivity index (χ3v) is 1.62. The van der Waals surface area contributed by atoms with Crippen LogP contribution in [0.3, 0.4) is 0 Å². The Morgan fingerprint density at radius 2 is 2.00 bits per heavy atom. The first-order valence-electron chi connectivity index (χ1n) is 4.14. The summed E-state index contributed by atoms with van der Waals surface area (Å²) in [6.45, 7) is 1.20. The minimum Gasteiger partial charge on any atom is -0.508 e. The van der Waals surface area contributed by atoms with Gasteiger partial charge in [0.2, 0.25) is 0 Å². The van der Waals surface area contributed by atoms with Crippen LogP contribution in [0, 0.1) is 0 Å². The van der Waals surface area contributed by atoms with Gasteiger partial charge >= 0.3 is 11.9 Å². The Balaban J connectivity index is 3.13. The molecule has 1 aromatic carbocycles. The van der Waals surface area contributed by atoms with E-state index in [1.54, 1.807) is 0 Å². The number of benzene rings is 1. The molecule has 1 N–H and O–H groups in total. The molecule has 0 aliphatic heterocycles. The van der Waals surface area contributed by atoms with E-state index in [1.165, 1.54) is 32.2 Å². The lowest BCUT2D eigenvalue weighted by atomic mass is 10.2. The van der Waals surface area contributed by atoms with E-state index >= 15 is 0 Å². The van der Waals surface area contributed by atoms with Crippen molar-refractivity contribution in [2.45, 2.75) is 6.92 Å². The Labute approximate surface area is 86.2 Å². The van der Waals surface area contributed by atoms with Crippen LogP contribution in [0.5, 0.6) is 11.5 Å². The summed E-state index contributed by atoms with van der Waals surface area (Å²) >= 11 is 0. The molecule has 0 fully saturated rings. The first kappa shape index (κ1) is 11.0. The van der Waals surface area contributed by atoms with Crippen molar-refractivity contribution in [1.82, 2.24) is 0 Å². The lowest BCUT2D eigenvalue weighted by Crippen LogP contribution is -2.08. The molecule has 15 heavy (non-hydrogen) atoms. The molecule has 0 atom stereocenters. The van der Waals surface area contributed by atoms with Gasteiger partial charge in [-0.05, 0) is 12.1 Å². The van der Waals surface area contributed by atoms with Crippen molar-refractivity contribution in [3.8, 4) is 11.5 Å². The fraction of sp³-hybridized carbons (Fsp3) is 0.200. The van der Waals surface area contributed by atoms with E-state index in [9.17, 15) is 9.59 Å². The summed E-state index contributed by atoms with van der Waals surface area (Å²) in [6.07, 6.45) is 0. The van der Waals surface area contributed by atoms with Crippen LogP contribution in [-0.2, 0) is 9.53 Å². The number of ether oxygens (including phenoxy) is 2. The van der Waals surface area contributed by atoms with Gasteiger partial charge < -0.3 is 14.6 Å². The molecule has 0 aromatic heterocycles. The normalized spacial score (nSPS) is 9.47. The Morgan fingerprint density at radius 3 is 2.53 bits per heavy atom. The molecule has 0 radical (unpaired) electrons. The van der Waals surface area contributed by atoms with Crippen molar-refractivity contribution >= 4 is 11.9 Å². The molecule has 0 saturated heterocycles. The van der Waals surface area contributed by atoms with Crippen LogP contribution in [0.15, 0.2) is 18.2 Å². The third-order valence-electron chi connectivity index (χ3n) is 1.62. The molecule has 5 heteroatoms. The highest BCUT2D eigenvalue weighted by Crippen LogP contribution is 2.24. The largest absolute Gasteiger partial charge is 0.508 e. The average Bonchev–Trinajstić information content (AvgIpc) is 2.16. The maximum Gasteiger partial charge on any atom is 0.341 e. The molecule has 0 bridgehead atoms. The third kappa shape index (κ3) is 2.70. The van der Waals surface area contributed by atoms with Gasteiger partial charge in [-0.2, -0.15) is 0 Å². The van der Waals surface area contributed by atoms with Gasteiger partial charge in [-0.15, -0.1) is 0 Å². The van der Waals surface area contributed by atoms with Crippen LogP contribution in [0.25, 0.3) is 0 Å². The van der Waals surface area contributed by atoms with E-state index < -0.39 is 11.9 Å².